The average Bonchev–Trinajstić information content (AvgIpc) is 2.61. The van der Waals surface area contributed by atoms with Crippen LogP contribution in [0.25, 0.3) is 6.08 Å². The molecule has 0 saturated heterocycles. The summed E-state index contributed by atoms with van der Waals surface area (Å²) in [7, 11) is 1.57. The summed E-state index contributed by atoms with van der Waals surface area (Å²) in [6.07, 6.45) is 6.34. The first-order chi connectivity index (χ1) is 11.5. The molecule has 0 amide bonds. The van der Waals surface area contributed by atoms with Gasteiger partial charge in [0.25, 0.3) is 0 Å². The number of carbonyl (C=O) groups excluding carboxylic acids is 3. The Labute approximate surface area is 140 Å². The van der Waals surface area contributed by atoms with E-state index in [-0.39, 0.29) is 0 Å². The lowest BCUT2D eigenvalue weighted by Gasteiger charge is -2.02. The van der Waals surface area contributed by atoms with Crippen molar-refractivity contribution in [3.8, 4) is 5.75 Å². The molecule has 0 aliphatic rings. The molecule has 0 bridgehead atoms. The molecule has 0 fully saturated rings. The summed E-state index contributed by atoms with van der Waals surface area (Å²) in [6.45, 7) is 0.993. The molecule has 0 aromatic heterocycles. The fourth-order valence-corrected chi connectivity index (χ4v) is 1.53. The number of rotatable bonds is 9. The van der Waals surface area contributed by atoms with Gasteiger partial charge in [0.05, 0.1) is 7.11 Å². The van der Waals surface area contributed by atoms with Crippen molar-refractivity contribution in [2.45, 2.75) is 13.3 Å². The van der Waals surface area contributed by atoms with E-state index in [0.29, 0.717) is 12.2 Å². The monoisotopic (exact) mass is 332 g/mol. The van der Waals surface area contributed by atoms with Crippen LogP contribution in [0.4, 0.5) is 0 Å². The van der Waals surface area contributed by atoms with Crippen LogP contribution in [0, 0.1) is 0 Å². The number of Topliss-reactive ketones (excluding diaryl/α,β-unsaturated/α-hetero) is 1. The molecule has 0 heterocycles. The number of methoxy groups -OCH3 is 1. The molecule has 1 rings (SSSR count). The van der Waals surface area contributed by atoms with Gasteiger partial charge in [0.2, 0.25) is 5.78 Å². The number of esters is 2. The topological polar surface area (TPSA) is 78.9 Å². The van der Waals surface area contributed by atoms with E-state index in [1.165, 1.54) is 12.2 Å². The Morgan fingerprint density at radius 1 is 0.958 bits per heavy atom. The van der Waals surface area contributed by atoms with Crippen molar-refractivity contribution in [2.24, 2.45) is 0 Å². The quantitative estimate of drug-likeness (QED) is 0.510. The first-order valence-corrected chi connectivity index (χ1v) is 7.39. The minimum Gasteiger partial charge on any atom is -0.497 e. The SMILES string of the molecule is CCC=CC(=O)OCC(=O)COC(=O)C=Cc1ccc(OC)cc1. The lowest BCUT2D eigenvalue weighted by Crippen LogP contribution is -2.19. The molecule has 1 aromatic carbocycles. The molecule has 6 nitrogen and oxygen atoms in total. The van der Waals surface area contributed by atoms with E-state index in [4.69, 9.17) is 14.2 Å². The summed E-state index contributed by atoms with van der Waals surface area (Å²) < 4.78 is 14.5. The van der Waals surface area contributed by atoms with Gasteiger partial charge in [-0.05, 0) is 30.2 Å². The molecule has 6 heteroatoms. The van der Waals surface area contributed by atoms with Crippen molar-refractivity contribution in [3.63, 3.8) is 0 Å². The maximum atomic E-state index is 11.5. The number of allylic oxidation sites excluding steroid dienone is 1. The molecule has 0 atom stereocenters. The maximum Gasteiger partial charge on any atom is 0.331 e. The summed E-state index contributed by atoms with van der Waals surface area (Å²) in [6, 6.07) is 7.07. The van der Waals surface area contributed by atoms with Crippen molar-refractivity contribution in [1.29, 1.82) is 0 Å². The van der Waals surface area contributed by atoms with Crippen molar-refractivity contribution in [3.05, 3.63) is 48.1 Å². The predicted molar refractivity (Wildman–Crippen MR) is 88.4 cm³/mol. The Morgan fingerprint density at radius 2 is 1.54 bits per heavy atom. The Morgan fingerprint density at radius 3 is 2.08 bits per heavy atom. The van der Waals surface area contributed by atoms with Crippen molar-refractivity contribution in [1.82, 2.24) is 0 Å². The van der Waals surface area contributed by atoms with Gasteiger partial charge in [-0.2, -0.15) is 0 Å². The largest absolute Gasteiger partial charge is 0.497 e. The van der Waals surface area contributed by atoms with Crippen LogP contribution in [0.5, 0.6) is 5.75 Å². The highest BCUT2D eigenvalue weighted by atomic mass is 16.6. The second kappa shape index (κ2) is 10.8. The molecule has 0 N–H and O–H groups in total. The lowest BCUT2D eigenvalue weighted by molar-refractivity contribution is -0.148. The van der Waals surface area contributed by atoms with Crippen molar-refractivity contribution >= 4 is 23.8 Å². The Kier molecular flexibility index (Phi) is 8.60. The third-order valence-corrected chi connectivity index (χ3v) is 2.77. The van der Waals surface area contributed by atoms with Gasteiger partial charge in [0.1, 0.15) is 5.75 Å². The minimum absolute atomic E-state index is 0.428. The molecule has 0 spiro atoms. The van der Waals surface area contributed by atoms with E-state index >= 15 is 0 Å². The van der Waals surface area contributed by atoms with Crippen LogP contribution in [-0.2, 0) is 23.9 Å². The van der Waals surface area contributed by atoms with Gasteiger partial charge >= 0.3 is 11.9 Å². The average molecular weight is 332 g/mol. The molecule has 128 valence electrons. The molecule has 1 aromatic rings. The third kappa shape index (κ3) is 7.93. The summed E-state index contributed by atoms with van der Waals surface area (Å²) >= 11 is 0. The van der Waals surface area contributed by atoms with Crippen LogP contribution in [-0.4, -0.2) is 38.0 Å². The van der Waals surface area contributed by atoms with E-state index in [1.807, 2.05) is 6.92 Å². The zero-order valence-corrected chi connectivity index (χ0v) is 13.7. The molecule has 24 heavy (non-hydrogen) atoms. The normalized spacial score (nSPS) is 10.8. The van der Waals surface area contributed by atoms with Crippen LogP contribution in [0.2, 0.25) is 0 Å². The highest BCUT2D eigenvalue weighted by Gasteiger charge is 2.08. The number of hydrogen-bond donors (Lipinski definition) is 0. The minimum atomic E-state index is -0.656. The molecule has 0 aliphatic carbocycles. The zero-order chi connectivity index (χ0) is 17.8. The molecule has 0 unspecified atom stereocenters. The van der Waals surface area contributed by atoms with E-state index in [0.717, 1.165) is 5.56 Å². The lowest BCUT2D eigenvalue weighted by atomic mass is 10.2. The maximum absolute atomic E-state index is 11.5. The number of ether oxygens (including phenoxy) is 3. The summed E-state index contributed by atoms with van der Waals surface area (Å²) in [5.74, 6) is -1.05. The summed E-state index contributed by atoms with van der Waals surface area (Å²) in [4.78, 5) is 34.1. The Balaban J connectivity index is 2.31. The van der Waals surface area contributed by atoms with E-state index in [1.54, 1.807) is 43.5 Å². The van der Waals surface area contributed by atoms with Gasteiger partial charge in [-0.1, -0.05) is 25.1 Å². The van der Waals surface area contributed by atoms with Crippen molar-refractivity contribution in [2.75, 3.05) is 20.3 Å². The second-order valence-electron chi connectivity index (χ2n) is 4.67. The van der Waals surface area contributed by atoms with Crippen LogP contribution in [0.15, 0.2) is 42.5 Å². The van der Waals surface area contributed by atoms with E-state index in [2.05, 4.69) is 0 Å². The second-order valence-corrected chi connectivity index (χ2v) is 4.67. The zero-order valence-electron chi connectivity index (χ0n) is 13.7. The summed E-state index contributed by atoms with van der Waals surface area (Å²) in [5, 5.41) is 0. The van der Waals surface area contributed by atoms with E-state index in [9.17, 15) is 14.4 Å². The molecule has 0 radical (unpaired) electrons. The van der Waals surface area contributed by atoms with Crippen LogP contribution in [0.3, 0.4) is 0 Å². The highest BCUT2D eigenvalue weighted by Crippen LogP contribution is 2.12. The third-order valence-electron chi connectivity index (χ3n) is 2.77. The van der Waals surface area contributed by atoms with Gasteiger partial charge < -0.3 is 14.2 Å². The van der Waals surface area contributed by atoms with Gasteiger partial charge in [0, 0.05) is 12.2 Å². The van der Waals surface area contributed by atoms with Crippen molar-refractivity contribution < 1.29 is 28.6 Å². The fraction of sp³-hybridized carbons (Fsp3) is 0.278. The Hall–Kier alpha value is -2.89. The standard InChI is InChI=1S/C18H20O6/c1-3-4-5-17(20)23-12-15(19)13-24-18(21)11-8-14-6-9-16(22-2)10-7-14/h4-11H,3,12-13H2,1-2H3. The van der Waals surface area contributed by atoms with E-state index < -0.39 is 30.9 Å². The number of hydrogen-bond acceptors (Lipinski definition) is 6. The van der Waals surface area contributed by atoms with Crippen LogP contribution < -0.4 is 4.74 Å². The first-order valence-electron chi connectivity index (χ1n) is 7.39. The van der Waals surface area contributed by atoms with Crippen LogP contribution >= 0.6 is 0 Å². The van der Waals surface area contributed by atoms with Crippen LogP contribution in [0.1, 0.15) is 18.9 Å². The van der Waals surface area contributed by atoms with Gasteiger partial charge in [-0.25, -0.2) is 9.59 Å². The smallest absolute Gasteiger partial charge is 0.331 e. The van der Waals surface area contributed by atoms with Gasteiger partial charge in [-0.3, -0.25) is 4.79 Å². The highest BCUT2D eigenvalue weighted by molar-refractivity contribution is 5.91. The number of benzene rings is 1. The first kappa shape index (κ1) is 19.2. The number of ketones is 1. The molecule has 0 aliphatic heterocycles. The Bertz CT molecular complexity index is 613. The fourth-order valence-electron chi connectivity index (χ4n) is 1.53. The predicted octanol–water partition coefficient (Wildman–Crippen LogP) is 2.33. The molecule has 0 saturated carbocycles. The molecular formula is C18H20O6. The van der Waals surface area contributed by atoms with Gasteiger partial charge in [0.15, 0.2) is 13.2 Å². The molecular weight excluding hydrogens is 312 g/mol. The summed E-state index contributed by atoms with van der Waals surface area (Å²) in [5.41, 5.74) is 0.788. The number of carbonyl (C=O) groups is 3. The van der Waals surface area contributed by atoms with Gasteiger partial charge in [-0.15, -0.1) is 0 Å².